The number of hydrogen-bond donors (Lipinski definition) is 0. The first kappa shape index (κ1) is 18.3. The molecule has 1 saturated heterocycles. The Kier molecular flexibility index (Phi) is 5.43. The second-order valence-corrected chi connectivity index (χ2v) is 8.57. The quantitative estimate of drug-likeness (QED) is 0.814. The third-order valence-electron chi connectivity index (χ3n) is 4.40. The zero-order chi connectivity index (χ0) is 18.0. The number of rotatable bonds is 4. The van der Waals surface area contributed by atoms with Crippen molar-refractivity contribution in [3.8, 4) is 0 Å². The van der Waals surface area contributed by atoms with E-state index in [1.54, 1.807) is 30.3 Å². The number of nitrogens with zero attached hydrogens (tertiary/aromatic N) is 2. The van der Waals surface area contributed by atoms with Crippen LogP contribution < -0.4 is 0 Å². The van der Waals surface area contributed by atoms with Crippen molar-refractivity contribution in [3.63, 3.8) is 0 Å². The largest absolute Gasteiger partial charge is 0.296 e. The van der Waals surface area contributed by atoms with Crippen molar-refractivity contribution in [1.82, 2.24) is 9.21 Å². The van der Waals surface area contributed by atoms with E-state index in [1.807, 2.05) is 6.92 Å². The zero-order valence-corrected chi connectivity index (χ0v) is 15.5. The fraction of sp³-hybridized carbons (Fsp3) is 0.333. The van der Waals surface area contributed by atoms with Gasteiger partial charge in [-0.05, 0) is 36.8 Å². The summed E-state index contributed by atoms with van der Waals surface area (Å²) in [7, 11) is -3.46. The standard InChI is InChI=1S/C18H20ClFN2O2S/c1-14-2-6-17(7-3-14)25(23,24)22-10-8-21(9-11-22)13-15-4-5-16(20)12-18(15)19/h2-7,12H,8-11,13H2,1H3. The molecule has 0 bridgehead atoms. The molecule has 1 aliphatic rings. The van der Waals surface area contributed by atoms with Gasteiger partial charge >= 0.3 is 0 Å². The normalized spacial score (nSPS) is 16.9. The zero-order valence-electron chi connectivity index (χ0n) is 14.0. The van der Waals surface area contributed by atoms with Crippen LogP contribution in [0.2, 0.25) is 5.02 Å². The van der Waals surface area contributed by atoms with E-state index < -0.39 is 10.0 Å². The molecule has 4 nitrogen and oxygen atoms in total. The summed E-state index contributed by atoms with van der Waals surface area (Å²) in [5.74, 6) is -0.359. The highest BCUT2D eigenvalue weighted by Crippen LogP contribution is 2.22. The van der Waals surface area contributed by atoms with Crippen molar-refractivity contribution in [2.75, 3.05) is 26.2 Å². The maximum absolute atomic E-state index is 13.1. The van der Waals surface area contributed by atoms with Crippen LogP contribution in [0, 0.1) is 12.7 Å². The molecule has 2 aromatic carbocycles. The highest BCUT2D eigenvalue weighted by molar-refractivity contribution is 7.89. The second kappa shape index (κ2) is 7.41. The molecular formula is C18H20ClFN2O2S. The third-order valence-corrected chi connectivity index (χ3v) is 6.66. The lowest BCUT2D eigenvalue weighted by Crippen LogP contribution is -2.48. The average molecular weight is 383 g/mol. The van der Waals surface area contributed by atoms with Gasteiger partial charge in [-0.3, -0.25) is 4.90 Å². The summed E-state index contributed by atoms with van der Waals surface area (Å²) in [5.41, 5.74) is 1.87. The summed E-state index contributed by atoms with van der Waals surface area (Å²) in [6.07, 6.45) is 0. The van der Waals surface area contributed by atoms with Gasteiger partial charge in [-0.25, -0.2) is 12.8 Å². The highest BCUT2D eigenvalue weighted by atomic mass is 35.5. The first-order valence-corrected chi connectivity index (χ1v) is 9.91. The lowest BCUT2D eigenvalue weighted by molar-refractivity contribution is 0.181. The minimum atomic E-state index is -3.46. The van der Waals surface area contributed by atoms with Crippen LogP contribution in [0.15, 0.2) is 47.4 Å². The Bertz CT molecular complexity index is 848. The average Bonchev–Trinajstić information content (AvgIpc) is 2.58. The molecule has 3 rings (SSSR count). The Morgan fingerprint density at radius 1 is 1.04 bits per heavy atom. The number of sulfonamides is 1. The third kappa shape index (κ3) is 4.20. The van der Waals surface area contributed by atoms with E-state index in [4.69, 9.17) is 11.6 Å². The molecule has 1 heterocycles. The molecule has 0 radical (unpaired) electrons. The number of benzene rings is 2. The topological polar surface area (TPSA) is 40.6 Å². The summed E-state index contributed by atoms with van der Waals surface area (Å²) in [5, 5.41) is 0.398. The van der Waals surface area contributed by atoms with Crippen LogP contribution >= 0.6 is 11.6 Å². The van der Waals surface area contributed by atoms with Gasteiger partial charge in [0.1, 0.15) is 5.82 Å². The van der Waals surface area contributed by atoms with E-state index in [9.17, 15) is 12.8 Å². The predicted molar refractivity (Wildman–Crippen MR) is 96.6 cm³/mol. The van der Waals surface area contributed by atoms with Crippen molar-refractivity contribution in [1.29, 1.82) is 0 Å². The fourth-order valence-corrected chi connectivity index (χ4v) is 4.53. The van der Waals surface area contributed by atoms with E-state index in [2.05, 4.69) is 4.90 Å². The van der Waals surface area contributed by atoms with Crippen molar-refractivity contribution in [2.45, 2.75) is 18.4 Å². The summed E-state index contributed by atoms with van der Waals surface area (Å²) in [6.45, 7) is 4.58. The molecular weight excluding hydrogens is 363 g/mol. The van der Waals surface area contributed by atoms with Gasteiger partial charge in [-0.1, -0.05) is 35.4 Å². The monoisotopic (exact) mass is 382 g/mol. The van der Waals surface area contributed by atoms with Crippen LogP contribution in [0.3, 0.4) is 0 Å². The second-order valence-electron chi connectivity index (χ2n) is 6.23. The number of piperazine rings is 1. The molecule has 1 aliphatic heterocycles. The van der Waals surface area contributed by atoms with Crippen LogP contribution in [-0.2, 0) is 16.6 Å². The van der Waals surface area contributed by atoms with Gasteiger partial charge in [-0.15, -0.1) is 0 Å². The lowest BCUT2D eigenvalue weighted by atomic mass is 10.2. The first-order valence-electron chi connectivity index (χ1n) is 8.09. The van der Waals surface area contributed by atoms with Gasteiger partial charge in [0.2, 0.25) is 10.0 Å². The van der Waals surface area contributed by atoms with Gasteiger partial charge < -0.3 is 0 Å². The molecule has 2 aromatic rings. The lowest BCUT2D eigenvalue weighted by Gasteiger charge is -2.34. The van der Waals surface area contributed by atoms with Crippen molar-refractivity contribution < 1.29 is 12.8 Å². The van der Waals surface area contributed by atoms with Crippen molar-refractivity contribution in [3.05, 3.63) is 64.4 Å². The Balaban J connectivity index is 1.64. The van der Waals surface area contributed by atoms with Gasteiger partial charge in [0.05, 0.1) is 4.90 Å². The van der Waals surface area contributed by atoms with E-state index in [-0.39, 0.29) is 5.82 Å². The molecule has 1 fully saturated rings. The molecule has 25 heavy (non-hydrogen) atoms. The molecule has 0 N–H and O–H groups in total. The smallest absolute Gasteiger partial charge is 0.243 e. The van der Waals surface area contributed by atoms with Crippen LogP contribution in [0.1, 0.15) is 11.1 Å². The summed E-state index contributed by atoms with van der Waals surface area (Å²) >= 11 is 6.07. The molecule has 0 aliphatic carbocycles. The fourth-order valence-electron chi connectivity index (χ4n) is 2.88. The first-order chi connectivity index (χ1) is 11.9. The maximum atomic E-state index is 13.1. The van der Waals surface area contributed by atoms with Gasteiger partial charge in [0.25, 0.3) is 0 Å². The molecule has 0 spiro atoms. The molecule has 0 unspecified atom stereocenters. The number of aryl methyl sites for hydroxylation is 1. The van der Waals surface area contributed by atoms with Crippen molar-refractivity contribution >= 4 is 21.6 Å². The maximum Gasteiger partial charge on any atom is 0.243 e. The molecule has 0 aromatic heterocycles. The number of halogens is 2. The summed E-state index contributed by atoms with van der Waals surface area (Å²) in [4.78, 5) is 2.45. The highest BCUT2D eigenvalue weighted by Gasteiger charge is 2.28. The van der Waals surface area contributed by atoms with Crippen LogP contribution in [-0.4, -0.2) is 43.8 Å². The van der Waals surface area contributed by atoms with Gasteiger partial charge in [0, 0.05) is 37.7 Å². The Labute approximate surface area is 152 Å². The minimum absolute atomic E-state index is 0.327. The van der Waals surface area contributed by atoms with Crippen molar-refractivity contribution in [2.24, 2.45) is 0 Å². The van der Waals surface area contributed by atoms with Gasteiger partial charge in [-0.2, -0.15) is 4.31 Å². The van der Waals surface area contributed by atoms with E-state index in [0.29, 0.717) is 42.6 Å². The summed E-state index contributed by atoms with van der Waals surface area (Å²) in [6, 6.07) is 11.3. The van der Waals surface area contributed by atoms with E-state index in [1.165, 1.54) is 16.4 Å². The van der Waals surface area contributed by atoms with Crippen LogP contribution in [0.5, 0.6) is 0 Å². The van der Waals surface area contributed by atoms with Gasteiger partial charge in [0.15, 0.2) is 0 Å². The van der Waals surface area contributed by atoms with E-state index in [0.717, 1.165) is 11.1 Å². The molecule has 0 amide bonds. The Hall–Kier alpha value is -1.47. The number of hydrogen-bond acceptors (Lipinski definition) is 3. The minimum Gasteiger partial charge on any atom is -0.296 e. The molecule has 134 valence electrons. The Morgan fingerprint density at radius 3 is 2.28 bits per heavy atom. The SMILES string of the molecule is Cc1ccc(S(=O)(=O)N2CCN(Cc3ccc(F)cc3Cl)CC2)cc1. The van der Waals surface area contributed by atoms with Crippen LogP contribution in [0.25, 0.3) is 0 Å². The van der Waals surface area contributed by atoms with Crippen LogP contribution in [0.4, 0.5) is 4.39 Å². The molecule has 0 atom stereocenters. The molecule has 0 saturated carbocycles. The molecule has 7 heteroatoms. The summed E-state index contributed by atoms with van der Waals surface area (Å²) < 4.78 is 40.0. The predicted octanol–water partition coefficient (Wildman–Crippen LogP) is 3.29. The Morgan fingerprint density at radius 2 is 1.68 bits per heavy atom. The van der Waals surface area contributed by atoms with E-state index >= 15 is 0 Å².